The van der Waals surface area contributed by atoms with Crippen LogP contribution in [-0.4, -0.2) is 11.1 Å². The first-order valence-electron chi connectivity index (χ1n) is 5.58. The van der Waals surface area contributed by atoms with Crippen LogP contribution < -0.4 is 5.32 Å². The third kappa shape index (κ3) is 3.61. The number of carbonyl (C=O) groups is 1. The number of hydrogen-bond donors (Lipinski definition) is 2. The number of rotatable bonds is 4. The van der Waals surface area contributed by atoms with Gasteiger partial charge in [0.25, 0.3) is 0 Å². The Labute approximate surface area is 129 Å². The van der Waals surface area contributed by atoms with Crippen molar-refractivity contribution in [3.8, 4) is 0 Å². The largest absolute Gasteiger partial charge is 0.478 e. The monoisotopic (exact) mass is 387 g/mol. The number of nitrogens with one attached hydrogen (secondary N) is 1. The zero-order valence-electron chi connectivity index (χ0n) is 9.86. The summed E-state index contributed by atoms with van der Waals surface area (Å²) in [5, 5.41) is 12.9. The van der Waals surface area contributed by atoms with Crippen LogP contribution in [-0.2, 0) is 6.54 Å². The molecule has 0 atom stereocenters. The van der Waals surface area contributed by atoms with Crippen molar-refractivity contribution in [3.05, 3.63) is 62.2 Å². The molecule has 0 aliphatic carbocycles. The summed E-state index contributed by atoms with van der Waals surface area (Å²) in [5.41, 5.74) is 1.82. The van der Waals surface area contributed by atoms with E-state index >= 15 is 0 Å². The normalized spacial score (nSPS) is 10.2. The number of carboxylic acids is 1. The predicted octanol–water partition coefficient (Wildman–Crippen LogP) is 4.25. The average Bonchev–Trinajstić information content (AvgIpc) is 2.38. The molecule has 2 aromatic rings. The number of halogens is 2. The van der Waals surface area contributed by atoms with Crippen molar-refractivity contribution in [2.24, 2.45) is 0 Å². The fourth-order valence-electron chi connectivity index (χ4n) is 1.71. The van der Waals surface area contributed by atoms with Crippen LogP contribution in [0.4, 0.5) is 5.69 Å². The zero-order valence-corrected chi connectivity index (χ0v) is 12.8. The van der Waals surface area contributed by atoms with Crippen LogP contribution in [0.1, 0.15) is 15.9 Å². The number of hydrogen-bond acceptors (Lipinski definition) is 2. The van der Waals surface area contributed by atoms with Crippen LogP contribution in [0.25, 0.3) is 0 Å². The van der Waals surface area contributed by atoms with E-state index in [1.54, 1.807) is 18.2 Å². The maximum atomic E-state index is 11.1. The molecule has 2 rings (SSSR count). The van der Waals surface area contributed by atoms with Gasteiger partial charge in [0, 0.05) is 10.1 Å². The van der Waals surface area contributed by atoms with Crippen LogP contribution in [0.5, 0.6) is 0 Å². The lowest BCUT2D eigenvalue weighted by Crippen LogP contribution is -2.07. The van der Waals surface area contributed by atoms with Crippen LogP contribution >= 0.6 is 34.2 Å². The summed E-state index contributed by atoms with van der Waals surface area (Å²) in [6.45, 7) is 0.419. The van der Waals surface area contributed by atoms with E-state index in [0.29, 0.717) is 17.1 Å². The highest BCUT2D eigenvalue weighted by atomic mass is 127. The van der Waals surface area contributed by atoms with Gasteiger partial charge in [0.05, 0.1) is 16.3 Å². The molecule has 3 nitrogen and oxygen atoms in total. The van der Waals surface area contributed by atoms with Crippen molar-refractivity contribution >= 4 is 45.8 Å². The molecular formula is C14H11ClINO2. The lowest BCUT2D eigenvalue weighted by molar-refractivity contribution is 0.0696. The molecule has 0 spiro atoms. The Hall–Kier alpha value is -1.27. The van der Waals surface area contributed by atoms with Crippen LogP contribution in [0, 0.1) is 3.57 Å². The smallest absolute Gasteiger partial charge is 0.336 e. The van der Waals surface area contributed by atoms with Gasteiger partial charge in [-0.15, -0.1) is 0 Å². The van der Waals surface area contributed by atoms with Crippen molar-refractivity contribution in [1.29, 1.82) is 0 Å². The molecule has 0 heterocycles. The highest BCUT2D eigenvalue weighted by Gasteiger charge is 2.09. The third-order valence-electron chi connectivity index (χ3n) is 2.65. The second-order valence-electron chi connectivity index (χ2n) is 3.94. The Kier molecular flexibility index (Phi) is 4.66. The molecule has 0 radical (unpaired) electrons. The van der Waals surface area contributed by atoms with Gasteiger partial charge in [-0.1, -0.05) is 29.8 Å². The summed E-state index contributed by atoms with van der Waals surface area (Å²) in [5.74, 6) is -0.925. The van der Waals surface area contributed by atoms with E-state index in [-0.39, 0.29) is 0 Å². The first-order chi connectivity index (χ1) is 9.08. The van der Waals surface area contributed by atoms with Gasteiger partial charge in [0.2, 0.25) is 0 Å². The van der Waals surface area contributed by atoms with E-state index in [1.807, 2.05) is 24.3 Å². The van der Waals surface area contributed by atoms with Crippen molar-refractivity contribution in [1.82, 2.24) is 0 Å². The fourth-order valence-corrected chi connectivity index (χ4v) is 2.63. The van der Waals surface area contributed by atoms with Gasteiger partial charge in [-0.2, -0.15) is 0 Å². The molecule has 0 saturated carbocycles. The molecule has 2 N–H and O–H groups in total. The highest BCUT2D eigenvalue weighted by molar-refractivity contribution is 14.1. The Morgan fingerprint density at radius 2 is 2.00 bits per heavy atom. The standard InChI is InChI=1S/C14H11ClINO2/c15-12-7-10(16)5-6-13(12)17-8-9-3-1-2-4-11(9)14(18)19/h1-7,17H,8H2,(H,18,19). The minimum absolute atomic E-state index is 0.302. The minimum atomic E-state index is -0.925. The number of carboxylic acid groups (broad SMARTS) is 1. The van der Waals surface area contributed by atoms with Crippen molar-refractivity contribution < 1.29 is 9.90 Å². The fraction of sp³-hybridized carbons (Fsp3) is 0.0714. The number of aromatic carboxylic acids is 1. The Bertz CT molecular complexity index is 616. The van der Waals surface area contributed by atoms with Gasteiger partial charge in [-0.25, -0.2) is 4.79 Å². The average molecular weight is 388 g/mol. The van der Waals surface area contributed by atoms with E-state index in [2.05, 4.69) is 27.9 Å². The maximum Gasteiger partial charge on any atom is 0.336 e. The quantitative estimate of drug-likeness (QED) is 0.771. The summed E-state index contributed by atoms with van der Waals surface area (Å²) in [6, 6.07) is 12.6. The van der Waals surface area contributed by atoms with Crippen molar-refractivity contribution in [2.75, 3.05) is 5.32 Å². The van der Waals surface area contributed by atoms with Crippen LogP contribution in [0.2, 0.25) is 5.02 Å². The van der Waals surface area contributed by atoms with E-state index in [9.17, 15) is 4.79 Å². The number of anilines is 1. The lowest BCUT2D eigenvalue weighted by atomic mass is 10.1. The van der Waals surface area contributed by atoms with Gasteiger partial charge >= 0.3 is 5.97 Å². The topological polar surface area (TPSA) is 49.3 Å². The molecule has 0 saturated heterocycles. The molecule has 0 bridgehead atoms. The molecule has 0 fully saturated rings. The number of benzene rings is 2. The molecule has 0 aliphatic rings. The van der Waals surface area contributed by atoms with Gasteiger partial charge in [0.1, 0.15) is 0 Å². The van der Waals surface area contributed by atoms with E-state index in [0.717, 1.165) is 14.8 Å². The van der Waals surface area contributed by atoms with Crippen molar-refractivity contribution in [2.45, 2.75) is 6.54 Å². The molecule has 19 heavy (non-hydrogen) atoms. The Balaban J connectivity index is 2.17. The zero-order chi connectivity index (χ0) is 13.8. The molecule has 0 aliphatic heterocycles. The minimum Gasteiger partial charge on any atom is -0.478 e. The summed E-state index contributed by atoms with van der Waals surface area (Å²) in [7, 11) is 0. The molecular weight excluding hydrogens is 377 g/mol. The summed E-state index contributed by atoms with van der Waals surface area (Å²) >= 11 is 8.30. The lowest BCUT2D eigenvalue weighted by Gasteiger charge is -2.10. The third-order valence-corrected chi connectivity index (χ3v) is 3.63. The Morgan fingerprint density at radius 1 is 1.26 bits per heavy atom. The molecule has 0 amide bonds. The van der Waals surface area contributed by atoms with Crippen LogP contribution in [0.15, 0.2) is 42.5 Å². The molecule has 0 unspecified atom stereocenters. The van der Waals surface area contributed by atoms with E-state index in [1.165, 1.54) is 0 Å². The molecule has 0 aromatic heterocycles. The van der Waals surface area contributed by atoms with Crippen molar-refractivity contribution in [3.63, 3.8) is 0 Å². The highest BCUT2D eigenvalue weighted by Crippen LogP contribution is 2.24. The van der Waals surface area contributed by atoms with E-state index < -0.39 is 5.97 Å². The van der Waals surface area contributed by atoms with Gasteiger partial charge in [-0.3, -0.25) is 0 Å². The van der Waals surface area contributed by atoms with E-state index in [4.69, 9.17) is 16.7 Å². The van der Waals surface area contributed by atoms with Gasteiger partial charge in [-0.05, 0) is 52.4 Å². The second-order valence-corrected chi connectivity index (χ2v) is 5.59. The first kappa shape index (κ1) is 14.1. The molecule has 98 valence electrons. The summed E-state index contributed by atoms with van der Waals surface area (Å²) < 4.78 is 1.05. The van der Waals surface area contributed by atoms with Gasteiger partial charge in [0.15, 0.2) is 0 Å². The first-order valence-corrected chi connectivity index (χ1v) is 7.03. The predicted molar refractivity (Wildman–Crippen MR) is 84.9 cm³/mol. The van der Waals surface area contributed by atoms with Gasteiger partial charge < -0.3 is 10.4 Å². The second kappa shape index (κ2) is 6.25. The molecule has 5 heteroatoms. The SMILES string of the molecule is O=C(O)c1ccccc1CNc1ccc(I)cc1Cl. The van der Waals surface area contributed by atoms with Crippen LogP contribution in [0.3, 0.4) is 0 Å². The summed E-state index contributed by atoms with van der Waals surface area (Å²) in [4.78, 5) is 11.1. The maximum absolute atomic E-state index is 11.1. The molecule has 2 aromatic carbocycles. The summed E-state index contributed by atoms with van der Waals surface area (Å²) in [6.07, 6.45) is 0. The Morgan fingerprint density at radius 3 is 2.68 bits per heavy atom.